The minimum absolute atomic E-state index is 0.0215. The quantitative estimate of drug-likeness (QED) is 0.500. The molecule has 148 valence electrons. The molecule has 0 heterocycles. The first-order valence-corrected chi connectivity index (χ1v) is 9.14. The van der Waals surface area contributed by atoms with Crippen LogP contribution in [0.15, 0.2) is 36.4 Å². The van der Waals surface area contributed by atoms with Crippen molar-refractivity contribution in [3.05, 3.63) is 57.6 Å². The molecule has 0 aliphatic rings. The molecule has 0 saturated heterocycles. The molecule has 0 spiro atoms. The average Bonchev–Trinajstić information content (AvgIpc) is 2.67. The molecule has 2 aromatic carbocycles. The van der Waals surface area contributed by atoms with E-state index in [-0.39, 0.29) is 18.6 Å². The van der Waals surface area contributed by atoms with E-state index < -0.39 is 18.5 Å². The lowest BCUT2D eigenvalue weighted by molar-refractivity contribution is -0.147. The predicted octanol–water partition coefficient (Wildman–Crippen LogP) is 4.46. The molecule has 0 bridgehead atoms. The van der Waals surface area contributed by atoms with Crippen LogP contribution in [0.2, 0.25) is 10.0 Å². The van der Waals surface area contributed by atoms with Crippen LogP contribution in [0.5, 0.6) is 5.75 Å². The van der Waals surface area contributed by atoms with Crippen molar-refractivity contribution in [2.45, 2.75) is 19.8 Å². The Morgan fingerprint density at radius 2 is 1.71 bits per heavy atom. The van der Waals surface area contributed by atoms with Gasteiger partial charge in [0.1, 0.15) is 5.75 Å². The van der Waals surface area contributed by atoms with Crippen LogP contribution in [-0.4, -0.2) is 31.4 Å². The van der Waals surface area contributed by atoms with Crippen molar-refractivity contribution >= 4 is 46.5 Å². The Hall–Kier alpha value is -2.57. The molecular formula is C20H19Cl2NO5. The first-order chi connectivity index (χ1) is 13.3. The highest BCUT2D eigenvalue weighted by molar-refractivity contribution is 6.31. The summed E-state index contributed by atoms with van der Waals surface area (Å²) in [6.07, 6.45) is -0.148. The molecule has 2 aromatic rings. The van der Waals surface area contributed by atoms with Gasteiger partial charge in [-0.3, -0.25) is 14.4 Å². The number of carbonyl (C=O) groups is 3. The number of amides is 1. The van der Waals surface area contributed by atoms with Gasteiger partial charge in [-0.05, 0) is 42.8 Å². The third-order valence-corrected chi connectivity index (χ3v) is 4.50. The van der Waals surface area contributed by atoms with Gasteiger partial charge in [0, 0.05) is 28.1 Å². The topological polar surface area (TPSA) is 81.7 Å². The minimum Gasteiger partial charge on any atom is -0.495 e. The van der Waals surface area contributed by atoms with E-state index in [4.69, 9.17) is 32.7 Å². The summed E-state index contributed by atoms with van der Waals surface area (Å²) in [7, 11) is 1.45. The van der Waals surface area contributed by atoms with Crippen molar-refractivity contribution < 1.29 is 23.9 Å². The first-order valence-electron chi connectivity index (χ1n) is 8.38. The second-order valence-electron chi connectivity index (χ2n) is 5.94. The van der Waals surface area contributed by atoms with Gasteiger partial charge in [0.05, 0.1) is 19.2 Å². The molecule has 0 saturated carbocycles. The number of ketones is 1. The van der Waals surface area contributed by atoms with Crippen molar-refractivity contribution in [3.63, 3.8) is 0 Å². The highest BCUT2D eigenvalue weighted by atomic mass is 35.5. The molecule has 0 aliphatic heterocycles. The van der Waals surface area contributed by atoms with Crippen molar-refractivity contribution in [2.24, 2.45) is 0 Å². The van der Waals surface area contributed by atoms with Crippen LogP contribution in [0.3, 0.4) is 0 Å². The monoisotopic (exact) mass is 423 g/mol. The number of halogens is 2. The fourth-order valence-corrected chi connectivity index (χ4v) is 2.61. The molecule has 0 aliphatic carbocycles. The third-order valence-electron chi connectivity index (χ3n) is 3.84. The van der Waals surface area contributed by atoms with Crippen LogP contribution in [0.4, 0.5) is 5.69 Å². The molecule has 0 unspecified atom stereocenters. The largest absolute Gasteiger partial charge is 0.495 e. The van der Waals surface area contributed by atoms with Crippen molar-refractivity contribution in [1.29, 1.82) is 0 Å². The van der Waals surface area contributed by atoms with Gasteiger partial charge in [-0.2, -0.15) is 0 Å². The Bertz CT molecular complexity index is 881. The summed E-state index contributed by atoms with van der Waals surface area (Å²) in [5.74, 6) is -0.989. The molecule has 0 fully saturated rings. The molecule has 1 N–H and O–H groups in total. The van der Waals surface area contributed by atoms with Crippen LogP contribution >= 0.6 is 23.2 Å². The number of esters is 1. The Labute approximate surface area is 172 Å². The summed E-state index contributed by atoms with van der Waals surface area (Å²) in [4.78, 5) is 35.8. The van der Waals surface area contributed by atoms with E-state index in [0.29, 0.717) is 27.0 Å². The summed E-state index contributed by atoms with van der Waals surface area (Å²) in [6, 6.07) is 9.62. The number of aryl methyl sites for hydroxylation is 1. The summed E-state index contributed by atoms with van der Waals surface area (Å²) in [6.45, 7) is 1.31. The number of Topliss-reactive ketones (excluding diaryl/α,β-unsaturated/α-hetero) is 1. The standard InChI is InChI=1S/C20H19Cl2NO5/c1-12-9-16(18(27-2)10-15(12)22)23-19(25)11-28-20(26)8-7-17(24)13-3-5-14(21)6-4-13/h3-6,9-10H,7-8,11H2,1-2H3,(H,23,25). The second-order valence-corrected chi connectivity index (χ2v) is 6.78. The van der Waals surface area contributed by atoms with Crippen LogP contribution in [0.1, 0.15) is 28.8 Å². The maximum absolute atomic E-state index is 12.0. The van der Waals surface area contributed by atoms with E-state index in [2.05, 4.69) is 5.32 Å². The molecule has 2 rings (SSSR count). The lowest BCUT2D eigenvalue weighted by Gasteiger charge is -2.12. The van der Waals surface area contributed by atoms with E-state index in [9.17, 15) is 14.4 Å². The Balaban J connectivity index is 1.81. The lowest BCUT2D eigenvalue weighted by atomic mass is 10.1. The number of ether oxygens (including phenoxy) is 2. The highest BCUT2D eigenvalue weighted by Gasteiger charge is 2.14. The zero-order valence-corrected chi connectivity index (χ0v) is 16.9. The normalized spacial score (nSPS) is 10.3. The maximum atomic E-state index is 12.0. The van der Waals surface area contributed by atoms with Crippen molar-refractivity contribution in [2.75, 3.05) is 19.0 Å². The number of hydrogen-bond donors (Lipinski definition) is 1. The molecular weight excluding hydrogens is 405 g/mol. The third kappa shape index (κ3) is 6.25. The average molecular weight is 424 g/mol. The second kappa shape index (κ2) is 10.1. The number of rotatable bonds is 8. The lowest BCUT2D eigenvalue weighted by Crippen LogP contribution is -2.21. The van der Waals surface area contributed by atoms with E-state index in [1.165, 1.54) is 7.11 Å². The van der Waals surface area contributed by atoms with Crippen molar-refractivity contribution in [3.8, 4) is 5.75 Å². The Morgan fingerprint density at radius 1 is 1.04 bits per heavy atom. The van der Waals surface area contributed by atoms with Gasteiger partial charge in [-0.15, -0.1) is 0 Å². The zero-order chi connectivity index (χ0) is 20.7. The molecule has 6 nitrogen and oxygen atoms in total. The van der Waals surface area contributed by atoms with Gasteiger partial charge in [0.2, 0.25) is 0 Å². The molecule has 0 atom stereocenters. The van der Waals surface area contributed by atoms with Gasteiger partial charge >= 0.3 is 5.97 Å². The van der Waals surface area contributed by atoms with Crippen molar-refractivity contribution in [1.82, 2.24) is 0 Å². The first kappa shape index (κ1) is 21.7. The number of carbonyl (C=O) groups excluding carboxylic acids is 3. The Morgan fingerprint density at radius 3 is 2.36 bits per heavy atom. The summed E-state index contributed by atoms with van der Waals surface area (Å²) >= 11 is 11.8. The number of hydrogen-bond acceptors (Lipinski definition) is 5. The SMILES string of the molecule is COc1cc(Cl)c(C)cc1NC(=O)COC(=O)CCC(=O)c1ccc(Cl)cc1. The predicted molar refractivity (Wildman–Crippen MR) is 107 cm³/mol. The highest BCUT2D eigenvalue weighted by Crippen LogP contribution is 2.30. The fourth-order valence-electron chi connectivity index (χ4n) is 2.33. The van der Waals surface area contributed by atoms with Gasteiger partial charge < -0.3 is 14.8 Å². The summed E-state index contributed by atoms with van der Waals surface area (Å²) in [5.41, 5.74) is 1.64. The van der Waals surface area contributed by atoms with Crippen LogP contribution in [0, 0.1) is 6.92 Å². The van der Waals surface area contributed by atoms with E-state index in [1.54, 1.807) is 43.3 Å². The van der Waals surface area contributed by atoms with E-state index in [1.807, 2.05) is 0 Å². The maximum Gasteiger partial charge on any atom is 0.306 e. The molecule has 28 heavy (non-hydrogen) atoms. The smallest absolute Gasteiger partial charge is 0.306 e. The van der Waals surface area contributed by atoms with Gasteiger partial charge in [0.15, 0.2) is 12.4 Å². The fraction of sp³-hybridized carbons (Fsp3) is 0.250. The summed E-state index contributed by atoms with van der Waals surface area (Å²) in [5, 5.41) is 3.63. The van der Waals surface area contributed by atoms with E-state index in [0.717, 1.165) is 5.56 Å². The number of methoxy groups -OCH3 is 1. The van der Waals surface area contributed by atoms with Crippen LogP contribution < -0.4 is 10.1 Å². The minimum atomic E-state index is -0.642. The van der Waals surface area contributed by atoms with Crippen LogP contribution in [-0.2, 0) is 14.3 Å². The zero-order valence-electron chi connectivity index (χ0n) is 15.4. The number of nitrogens with one attached hydrogen (secondary N) is 1. The molecule has 1 amide bonds. The summed E-state index contributed by atoms with van der Waals surface area (Å²) < 4.78 is 10.1. The molecule has 8 heteroatoms. The Kier molecular flexibility index (Phi) is 7.84. The molecule has 0 radical (unpaired) electrons. The van der Waals surface area contributed by atoms with Gasteiger partial charge in [-0.25, -0.2) is 0 Å². The number of benzene rings is 2. The van der Waals surface area contributed by atoms with Gasteiger partial charge in [-0.1, -0.05) is 23.2 Å². The van der Waals surface area contributed by atoms with Gasteiger partial charge in [0.25, 0.3) is 5.91 Å². The number of anilines is 1. The van der Waals surface area contributed by atoms with E-state index >= 15 is 0 Å². The molecule has 0 aromatic heterocycles. The van der Waals surface area contributed by atoms with Crippen LogP contribution in [0.25, 0.3) is 0 Å².